The van der Waals surface area contributed by atoms with E-state index in [1.165, 1.54) is 31.3 Å². The maximum Gasteiger partial charge on any atom is 0.264 e. The minimum Gasteiger partial charge on any atom is -0.322 e. The number of amides is 1. The molecule has 5 nitrogen and oxygen atoms in total. The summed E-state index contributed by atoms with van der Waals surface area (Å²) in [7, 11) is -2.33. The first-order valence-electron chi connectivity index (χ1n) is 8.61. The average molecular weight is 447 g/mol. The second-order valence-corrected chi connectivity index (χ2v) is 9.45. The third-order valence-electron chi connectivity index (χ3n) is 4.27. The number of nitrogens with zero attached hydrogens (tertiary/aromatic N) is 1. The maximum atomic E-state index is 12.9. The van der Waals surface area contributed by atoms with Gasteiger partial charge in [0.05, 0.1) is 10.6 Å². The Labute approximate surface area is 179 Å². The molecule has 0 spiro atoms. The second kappa shape index (κ2) is 8.90. The van der Waals surface area contributed by atoms with Gasteiger partial charge in [-0.15, -0.1) is 11.8 Å². The largest absolute Gasteiger partial charge is 0.322 e. The number of anilines is 2. The average Bonchev–Trinajstić information content (AvgIpc) is 2.73. The van der Waals surface area contributed by atoms with Gasteiger partial charge in [0, 0.05) is 28.2 Å². The molecular weight excluding hydrogens is 428 g/mol. The van der Waals surface area contributed by atoms with Gasteiger partial charge in [0.15, 0.2) is 0 Å². The Morgan fingerprint density at radius 2 is 1.69 bits per heavy atom. The van der Waals surface area contributed by atoms with Gasteiger partial charge < -0.3 is 5.32 Å². The van der Waals surface area contributed by atoms with E-state index in [0.29, 0.717) is 22.0 Å². The van der Waals surface area contributed by atoms with E-state index in [2.05, 4.69) is 5.32 Å². The van der Waals surface area contributed by atoms with Crippen LogP contribution in [-0.2, 0) is 10.0 Å². The standard InChI is InChI=1S/C21H19ClN2O3S2/c1-24(29(26,27)20-11-9-16(22)10-12-20)18-7-3-5-15(13-18)21(25)23-17-6-4-8-19(14-17)28-2/h3-14H,1-2H3,(H,23,25). The van der Waals surface area contributed by atoms with Crippen molar-refractivity contribution < 1.29 is 13.2 Å². The van der Waals surface area contributed by atoms with E-state index in [0.717, 1.165) is 9.20 Å². The summed E-state index contributed by atoms with van der Waals surface area (Å²) >= 11 is 7.43. The molecule has 150 valence electrons. The smallest absolute Gasteiger partial charge is 0.264 e. The Morgan fingerprint density at radius 3 is 2.38 bits per heavy atom. The molecule has 0 heterocycles. The molecule has 0 radical (unpaired) electrons. The summed E-state index contributed by atoms with van der Waals surface area (Å²) in [4.78, 5) is 13.8. The topological polar surface area (TPSA) is 66.5 Å². The number of sulfonamides is 1. The van der Waals surface area contributed by atoms with Crippen LogP contribution in [0.1, 0.15) is 10.4 Å². The molecule has 0 aliphatic carbocycles. The fourth-order valence-corrected chi connectivity index (χ4v) is 4.42. The van der Waals surface area contributed by atoms with E-state index < -0.39 is 10.0 Å². The van der Waals surface area contributed by atoms with Crippen molar-refractivity contribution >= 4 is 50.7 Å². The lowest BCUT2D eigenvalue weighted by Crippen LogP contribution is -2.26. The van der Waals surface area contributed by atoms with Crippen molar-refractivity contribution in [3.8, 4) is 0 Å². The van der Waals surface area contributed by atoms with Crippen LogP contribution in [0.25, 0.3) is 0 Å². The van der Waals surface area contributed by atoms with Crippen LogP contribution in [0, 0.1) is 0 Å². The zero-order valence-corrected chi connectivity index (χ0v) is 18.2. The summed E-state index contributed by atoms with van der Waals surface area (Å²) < 4.78 is 26.9. The molecule has 0 bridgehead atoms. The molecule has 3 aromatic carbocycles. The highest BCUT2D eigenvalue weighted by Crippen LogP contribution is 2.25. The Bertz CT molecular complexity index is 1130. The summed E-state index contributed by atoms with van der Waals surface area (Å²) in [6.45, 7) is 0. The van der Waals surface area contributed by atoms with E-state index in [1.807, 2.05) is 24.5 Å². The highest BCUT2D eigenvalue weighted by Gasteiger charge is 2.22. The minimum atomic E-state index is -3.78. The lowest BCUT2D eigenvalue weighted by atomic mass is 10.2. The van der Waals surface area contributed by atoms with Crippen molar-refractivity contribution in [1.29, 1.82) is 0 Å². The molecule has 3 aromatic rings. The van der Waals surface area contributed by atoms with Crippen molar-refractivity contribution in [3.05, 3.63) is 83.4 Å². The molecule has 1 N–H and O–H groups in total. The summed E-state index contributed by atoms with van der Waals surface area (Å²) in [5.41, 5.74) is 1.41. The van der Waals surface area contributed by atoms with E-state index >= 15 is 0 Å². The lowest BCUT2D eigenvalue weighted by molar-refractivity contribution is 0.102. The fraction of sp³-hybridized carbons (Fsp3) is 0.0952. The number of benzene rings is 3. The van der Waals surface area contributed by atoms with Gasteiger partial charge in [-0.25, -0.2) is 8.42 Å². The molecule has 0 fully saturated rings. The molecule has 0 atom stereocenters. The van der Waals surface area contributed by atoms with Crippen molar-refractivity contribution in [2.75, 3.05) is 22.9 Å². The first-order chi connectivity index (χ1) is 13.8. The highest BCUT2D eigenvalue weighted by atomic mass is 35.5. The van der Waals surface area contributed by atoms with Gasteiger partial charge in [-0.1, -0.05) is 23.7 Å². The number of hydrogen-bond acceptors (Lipinski definition) is 4. The van der Waals surface area contributed by atoms with Gasteiger partial charge in [-0.2, -0.15) is 0 Å². The number of hydrogen-bond donors (Lipinski definition) is 1. The molecule has 0 aliphatic rings. The van der Waals surface area contributed by atoms with Gasteiger partial charge in [0.2, 0.25) is 0 Å². The van der Waals surface area contributed by atoms with Crippen LogP contribution in [0.3, 0.4) is 0 Å². The lowest BCUT2D eigenvalue weighted by Gasteiger charge is -2.20. The number of carbonyl (C=O) groups excluding carboxylic acids is 1. The Hall–Kier alpha value is -2.48. The molecule has 0 aromatic heterocycles. The number of nitrogens with one attached hydrogen (secondary N) is 1. The van der Waals surface area contributed by atoms with Crippen molar-refractivity contribution in [2.45, 2.75) is 9.79 Å². The van der Waals surface area contributed by atoms with Gasteiger partial charge in [-0.3, -0.25) is 9.10 Å². The van der Waals surface area contributed by atoms with Crippen LogP contribution in [-0.4, -0.2) is 27.6 Å². The van der Waals surface area contributed by atoms with E-state index in [4.69, 9.17) is 11.6 Å². The molecular formula is C21H19ClN2O3S2. The van der Waals surface area contributed by atoms with Gasteiger partial charge >= 0.3 is 0 Å². The highest BCUT2D eigenvalue weighted by molar-refractivity contribution is 7.98. The van der Waals surface area contributed by atoms with Crippen LogP contribution in [0.4, 0.5) is 11.4 Å². The zero-order chi connectivity index (χ0) is 21.0. The first-order valence-corrected chi connectivity index (χ1v) is 11.7. The molecule has 0 saturated heterocycles. The van der Waals surface area contributed by atoms with Gasteiger partial charge in [-0.05, 0) is 66.9 Å². The van der Waals surface area contributed by atoms with Crippen LogP contribution in [0.5, 0.6) is 0 Å². The molecule has 1 amide bonds. The monoisotopic (exact) mass is 446 g/mol. The van der Waals surface area contributed by atoms with Crippen molar-refractivity contribution in [1.82, 2.24) is 0 Å². The number of thioether (sulfide) groups is 1. The van der Waals surface area contributed by atoms with E-state index in [9.17, 15) is 13.2 Å². The van der Waals surface area contributed by atoms with Gasteiger partial charge in [0.1, 0.15) is 0 Å². The third-order valence-corrected chi connectivity index (χ3v) is 7.05. The van der Waals surface area contributed by atoms with Crippen molar-refractivity contribution in [2.24, 2.45) is 0 Å². The van der Waals surface area contributed by atoms with Crippen LogP contribution >= 0.6 is 23.4 Å². The minimum absolute atomic E-state index is 0.119. The summed E-state index contributed by atoms with van der Waals surface area (Å²) in [5.74, 6) is -0.317. The number of rotatable bonds is 6. The predicted octanol–water partition coefficient (Wildman–Crippen LogP) is 5.14. The molecule has 0 aliphatic heterocycles. The van der Waals surface area contributed by atoms with Gasteiger partial charge in [0.25, 0.3) is 15.9 Å². The second-order valence-electron chi connectivity index (χ2n) is 6.16. The summed E-state index contributed by atoms with van der Waals surface area (Å²) in [6.07, 6.45) is 1.96. The Morgan fingerprint density at radius 1 is 1.00 bits per heavy atom. The molecule has 29 heavy (non-hydrogen) atoms. The molecule has 0 unspecified atom stereocenters. The predicted molar refractivity (Wildman–Crippen MR) is 120 cm³/mol. The number of halogens is 1. The zero-order valence-electron chi connectivity index (χ0n) is 15.8. The third kappa shape index (κ3) is 4.93. The molecule has 0 saturated carbocycles. The fourth-order valence-electron chi connectivity index (χ4n) is 2.65. The SMILES string of the molecule is CSc1cccc(NC(=O)c2cccc(N(C)S(=O)(=O)c3ccc(Cl)cc3)c2)c1. The first kappa shape index (κ1) is 21.2. The number of carbonyl (C=O) groups is 1. The van der Waals surface area contributed by atoms with Crippen molar-refractivity contribution in [3.63, 3.8) is 0 Å². The van der Waals surface area contributed by atoms with Crippen LogP contribution in [0.2, 0.25) is 5.02 Å². The van der Waals surface area contributed by atoms with Crippen LogP contribution < -0.4 is 9.62 Å². The maximum absolute atomic E-state index is 12.9. The Kier molecular flexibility index (Phi) is 6.52. The summed E-state index contributed by atoms with van der Waals surface area (Å²) in [5, 5.41) is 3.30. The van der Waals surface area contributed by atoms with Crippen LogP contribution in [0.15, 0.2) is 82.6 Å². The summed E-state index contributed by atoms with van der Waals surface area (Å²) in [6, 6.07) is 19.9. The quantitative estimate of drug-likeness (QED) is 0.532. The normalized spacial score (nSPS) is 11.1. The molecule has 3 rings (SSSR count). The molecule has 8 heteroatoms. The Balaban J connectivity index is 1.84. The van der Waals surface area contributed by atoms with E-state index in [1.54, 1.807) is 42.1 Å². The van der Waals surface area contributed by atoms with E-state index in [-0.39, 0.29) is 10.8 Å².